The van der Waals surface area contributed by atoms with Gasteiger partial charge in [-0.05, 0) is 27.7 Å². The number of piperazine rings is 1. The van der Waals surface area contributed by atoms with Crippen LogP contribution in [0.5, 0.6) is 0 Å². The zero-order chi connectivity index (χ0) is 16.5. The zero-order valence-corrected chi connectivity index (χ0v) is 14.2. The van der Waals surface area contributed by atoms with Crippen LogP contribution in [0.3, 0.4) is 0 Å². The molecule has 0 atom stereocenters. The number of carbonyl (C=O) groups is 1. The Bertz CT molecular complexity index is 603. The van der Waals surface area contributed by atoms with Gasteiger partial charge in [0, 0.05) is 51.0 Å². The van der Waals surface area contributed by atoms with Crippen LogP contribution in [0.25, 0.3) is 0 Å². The molecule has 2 rings (SSSR count). The monoisotopic (exact) mass is 303 g/mol. The van der Waals surface area contributed by atoms with E-state index in [1.54, 1.807) is 13.8 Å². The molecular formula is C16H25N5O. The second kappa shape index (κ2) is 6.09. The molecule has 1 aromatic rings. The normalized spacial score (nSPS) is 16.6. The summed E-state index contributed by atoms with van der Waals surface area (Å²) in [6.45, 7) is 11.4. The van der Waals surface area contributed by atoms with Crippen LogP contribution in [0.15, 0.2) is 0 Å². The molecule has 0 aliphatic carbocycles. The molecule has 2 heterocycles. The second-order valence-corrected chi connectivity index (χ2v) is 6.58. The largest absolute Gasteiger partial charge is 0.339 e. The molecule has 22 heavy (non-hydrogen) atoms. The highest BCUT2D eigenvalue weighted by Crippen LogP contribution is 2.20. The minimum Gasteiger partial charge on any atom is -0.339 e. The van der Waals surface area contributed by atoms with E-state index in [2.05, 4.69) is 23.0 Å². The van der Waals surface area contributed by atoms with E-state index in [-0.39, 0.29) is 5.91 Å². The van der Waals surface area contributed by atoms with Gasteiger partial charge in [0.05, 0.1) is 11.8 Å². The maximum Gasteiger partial charge on any atom is 0.242 e. The number of rotatable bonds is 3. The summed E-state index contributed by atoms with van der Waals surface area (Å²) in [6, 6.07) is 2.09. The van der Waals surface area contributed by atoms with E-state index in [1.807, 2.05) is 23.6 Å². The number of nitriles is 1. The predicted octanol–water partition coefficient (Wildman–Crippen LogP) is 1.23. The van der Waals surface area contributed by atoms with Crippen molar-refractivity contribution in [2.75, 3.05) is 26.2 Å². The van der Waals surface area contributed by atoms with E-state index in [0.29, 0.717) is 13.1 Å². The summed E-state index contributed by atoms with van der Waals surface area (Å²) in [5, 5.41) is 13.5. The third kappa shape index (κ3) is 3.14. The SMILES string of the molecule is Cc1nn(C)c(C)c1CN1CCN(C(=O)C(C)(C)C#N)CC1. The molecule has 1 fully saturated rings. The first kappa shape index (κ1) is 16.5. The van der Waals surface area contributed by atoms with Gasteiger partial charge in [-0.15, -0.1) is 0 Å². The van der Waals surface area contributed by atoms with Gasteiger partial charge in [-0.2, -0.15) is 10.4 Å². The van der Waals surface area contributed by atoms with Crippen molar-refractivity contribution >= 4 is 5.91 Å². The maximum absolute atomic E-state index is 12.3. The third-order valence-electron chi connectivity index (χ3n) is 4.51. The van der Waals surface area contributed by atoms with Gasteiger partial charge in [0.2, 0.25) is 5.91 Å². The Morgan fingerprint density at radius 3 is 2.32 bits per heavy atom. The Hall–Kier alpha value is -1.87. The standard InChI is InChI=1S/C16H25N5O/c1-12-14(13(2)19(5)18-12)10-20-6-8-21(9-7-20)15(22)16(3,4)11-17/h6-10H2,1-5H3. The summed E-state index contributed by atoms with van der Waals surface area (Å²) in [7, 11) is 1.96. The molecule has 0 unspecified atom stereocenters. The summed E-state index contributed by atoms with van der Waals surface area (Å²) in [5.74, 6) is -0.0663. The van der Waals surface area contributed by atoms with E-state index in [0.717, 1.165) is 25.3 Å². The molecular weight excluding hydrogens is 278 g/mol. The van der Waals surface area contributed by atoms with Crippen molar-refractivity contribution in [2.24, 2.45) is 12.5 Å². The highest BCUT2D eigenvalue weighted by Gasteiger charge is 2.33. The fourth-order valence-electron chi connectivity index (χ4n) is 2.82. The summed E-state index contributed by atoms with van der Waals surface area (Å²) in [5.41, 5.74) is 2.61. The van der Waals surface area contributed by atoms with Crippen LogP contribution in [0.1, 0.15) is 30.8 Å². The Balaban J connectivity index is 1.96. The van der Waals surface area contributed by atoms with Gasteiger partial charge in [0.15, 0.2) is 0 Å². The first-order chi connectivity index (χ1) is 10.3. The molecule has 0 saturated carbocycles. The first-order valence-electron chi connectivity index (χ1n) is 7.68. The van der Waals surface area contributed by atoms with Crippen molar-refractivity contribution in [3.8, 4) is 6.07 Å². The highest BCUT2D eigenvalue weighted by atomic mass is 16.2. The molecule has 1 aliphatic rings. The number of aromatic nitrogens is 2. The molecule has 0 radical (unpaired) electrons. The summed E-state index contributed by atoms with van der Waals surface area (Å²) >= 11 is 0. The number of amides is 1. The predicted molar refractivity (Wildman–Crippen MR) is 83.9 cm³/mol. The van der Waals surface area contributed by atoms with E-state index in [4.69, 9.17) is 5.26 Å². The molecule has 6 nitrogen and oxygen atoms in total. The van der Waals surface area contributed by atoms with Crippen molar-refractivity contribution in [1.29, 1.82) is 5.26 Å². The minimum atomic E-state index is -0.932. The van der Waals surface area contributed by atoms with Crippen molar-refractivity contribution < 1.29 is 4.79 Å². The molecule has 1 aromatic heterocycles. The van der Waals surface area contributed by atoms with Gasteiger partial charge in [-0.1, -0.05) is 0 Å². The number of hydrogen-bond acceptors (Lipinski definition) is 4. The Morgan fingerprint density at radius 2 is 1.86 bits per heavy atom. The van der Waals surface area contributed by atoms with Gasteiger partial charge in [-0.3, -0.25) is 14.4 Å². The van der Waals surface area contributed by atoms with Gasteiger partial charge in [0.25, 0.3) is 0 Å². The van der Waals surface area contributed by atoms with Crippen LogP contribution in [-0.4, -0.2) is 51.7 Å². The number of hydrogen-bond donors (Lipinski definition) is 0. The number of aryl methyl sites for hydroxylation is 2. The fourth-order valence-corrected chi connectivity index (χ4v) is 2.82. The van der Waals surface area contributed by atoms with Crippen molar-refractivity contribution in [1.82, 2.24) is 19.6 Å². The topological polar surface area (TPSA) is 65.2 Å². The Labute approximate surface area is 132 Å². The summed E-state index contributed by atoms with van der Waals surface area (Å²) in [6.07, 6.45) is 0. The molecule has 1 saturated heterocycles. The average molecular weight is 303 g/mol. The molecule has 1 amide bonds. The van der Waals surface area contributed by atoms with Gasteiger partial charge in [-0.25, -0.2) is 0 Å². The van der Waals surface area contributed by atoms with E-state index in [1.165, 1.54) is 11.3 Å². The fraction of sp³-hybridized carbons (Fsp3) is 0.688. The van der Waals surface area contributed by atoms with E-state index >= 15 is 0 Å². The van der Waals surface area contributed by atoms with Crippen LogP contribution >= 0.6 is 0 Å². The molecule has 0 bridgehead atoms. The second-order valence-electron chi connectivity index (χ2n) is 6.58. The number of nitrogens with zero attached hydrogens (tertiary/aromatic N) is 5. The van der Waals surface area contributed by atoms with Crippen molar-refractivity contribution in [3.63, 3.8) is 0 Å². The van der Waals surface area contributed by atoms with Crippen LogP contribution in [0.4, 0.5) is 0 Å². The smallest absolute Gasteiger partial charge is 0.242 e. The molecule has 1 aliphatic heterocycles. The zero-order valence-electron chi connectivity index (χ0n) is 14.2. The van der Waals surface area contributed by atoms with Crippen LogP contribution in [0.2, 0.25) is 0 Å². The minimum absolute atomic E-state index is 0.0663. The van der Waals surface area contributed by atoms with Crippen LogP contribution in [0, 0.1) is 30.6 Å². The lowest BCUT2D eigenvalue weighted by atomic mass is 9.93. The lowest BCUT2D eigenvalue weighted by Gasteiger charge is -2.37. The Kier molecular flexibility index (Phi) is 4.57. The molecule has 0 N–H and O–H groups in total. The average Bonchev–Trinajstić information content (AvgIpc) is 2.73. The van der Waals surface area contributed by atoms with Gasteiger partial charge >= 0.3 is 0 Å². The van der Waals surface area contributed by atoms with E-state index < -0.39 is 5.41 Å². The first-order valence-corrected chi connectivity index (χ1v) is 7.68. The maximum atomic E-state index is 12.3. The molecule has 0 spiro atoms. The highest BCUT2D eigenvalue weighted by molar-refractivity contribution is 5.84. The van der Waals surface area contributed by atoms with E-state index in [9.17, 15) is 4.79 Å². The van der Waals surface area contributed by atoms with Crippen LogP contribution in [-0.2, 0) is 18.4 Å². The molecule has 6 heteroatoms. The summed E-state index contributed by atoms with van der Waals surface area (Å²) in [4.78, 5) is 16.5. The third-order valence-corrected chi connectivity index (χ3v) is 4.51. The lowest BCUT2D eigenvalue weighted by Crippen LogP contribution is -2.51. The van der Waals surface area contributed by atoms with Crippen LogP contribution < -0.4 is 0 Å². The van der Waals surface area contributed by atoms with Crippen molar-refractivity contribution in [2.45, 2.75) is 34.2 Å². The summed E-state index contributed by atoms with van der Waals surface area (Å²) < 4.78 is 1.92. The van der Waals surface area contributed by atoms with Gasteiger partial charge in [0.1, 0.15) is 5.41 Å². The molecule has 0 aromatic carbocycles. The molecule has 120 valence electrons. The Morgan fingerprint density at radius 1 is 1.27 bits per heavy atom. The lowest BCUT2D eigenvalue weighted by molar-refractivity contribution is -0.139. The van der Waals surface area contributed by atoms with Gasteiger partial charge < -0.3 is 4.90 Å². The quantitative estimate of drug-likeness (QED) is 0.842. The number of carbonyl (C=O) groups excluding carboxylic acids is 1. The van der Waals surface area contributed by atoms with Crippen molar-refractivity contribution in [3.05, 3.63) is 17.0 Å².